The Morgan fingerprint density at radius 2 is 1.53 bits per heavy atom. The lowest BCUT2D eigenvalue weighted by Gasteiger charge is -2.22. The monoisotopic (exact) mass is 254 g/mol. The van der Waals surface area contributed by atoms with Gasteiger partial charge in [-0.2, -0.15) is 0 Å². The van der Waals surface area contributed by atoms with Crippen molar-refractivity contribution in [3.63, 3.8) is 0 Å². The van der Waals surface area contributed by atoms with E-state index in [0.717, 1.165) is 6.04 Å². The summed E-state index contributed by atoms with van der Waals surface area (Å²) < 4.78 is 15.2. The Morgan fingerprint density at radius 3 is 1.71 bits per heavy atom. The van der Waals surface area contributed by atoms with Gasteiger partial charge in [-0.3, -0.25) is 0 Å². The molecule has 0 aromatic heterocycles. The first-order valence-corrected chi connectivity index (χ1v) is 7.44. The maximum atomic E-state index is 5.08. The minimum Gasteiger partial charge on any atom is -0.377 e. The summed E-state index contributed by atoms with van der Waals surface area (Å²) in [7, 11) is 2.65. The van der Waals surface area contributed by atoms with Gasteiger partial charge in [-0.1, -0.05) is 49.9 Å². The van der Waals surface area contributed by atoms with Gasteiger partial charge in [0.25, 0.3) is 0 Å². The average Bonchev–Trinajstić information content (AvgIpc) is 2.44. The highest BCUT2D eigenvalue weighted by molar-refractivity contribution is 6.60. The molecule has 1 aromatic rings. The summed E-state index contributed by atoms with van der Waals surface area (Å²) in [6.07, 6.45) is 1.83. The summed E-state index contributed by atoms with van der Waals surface area (Å²) in [5.41, 5.74) is 1.17. The minimum absolute atomic E-state index is 0.816. The summed E-state index contributed by atoms with van der Waals surface area (Å²) >= 11 is 0. The van der Waals surface area contributed by atoms with Crippen molar-refractivity contribution in [2.24, 2.45) is 0 Å². The standard InChI is InChI=1S/C8H8.C5H14O3Si/c1-2-8-6-4-3-5-7-8;1-5-9(6-2,7-3)8-4/h2-7H,1H2;5H2,1-4H3. The predicted octanol–water partition coefficient (Wildman–Crippen LogP) is 3.21. The first-order chi connectivity index (χ1) is 8.17. The summed E-state index contributed by atoms with van der Waals surface area (Å²) in [6, 6.07) is 10.8. The fourth-order valence-corrected chi connectivity index (χ4v) is 2.64. The van der Waals surface area contributed by atoms with Crippen LogP contribution >= 0.6 is 0 Å². The SMILES string of the molecule is C=Cc1ccccc1.CC[Si](OC)(OC)OC. The van der Waals surface area contributed by atoms with Crippen LogP contribution in [0.5, 0.6) is 0 Å². The fourth-order valence-electron chi connectivity index (χ4n) is 1.27. The second-order valence-electron chi connectivity index (χ2n) is 3.26. The molecule has 0 fully saturated rings. The van der Waals surface area contributed by atoms with Crippen LogP contribution in [0.1, 0.15) is 12.5 Å². The summed E-state index contributed by atoms with van der Waals surface area (Å²) in [5, 5.41) is 0. The molecular weight excluding hydrogens is 232 g/mol. The molecule has 3 nitrogen and oxygen atoms in total. The van der Waals surface area contributed by atoms with Crippen LogP contribution < -0.4 is 0 Å². The molecular formula is C13H22O3Si. The van der Waals surface area contributed by atoms with E-state index >= 15 is 0 Å². The summed E-state index contributed by atoms with van der Waals surface area (Å²) in [5.74, 6) is 0. The van der Waals surface area contributed by atoms with Gasteiger partial charge < -0.3 is 13.3 Å². The minimum atomic E-state index is -2.19. The summed E-state index contributed by atoms with van der Waals surface area (Å²) in [4.78, 5) is 0. The molecule has 0 N–H and O–H groups in total. The van der Waals surface area contributed by atoms with Crippen LogP contribution in [0.15, 0.2) is 36.9 Å². The van der Waals surface area contributed by atoms with E-state index in [2.05, 4.69) is 6.58 Å². The Bertz CT molecular complexity index is 279. The Balaban J connectivity index is 0.000000302. The van der Waals surface area contributed by atoms with Crippen molar-refractivity contribution < 1.29 is 13.3 Å². The first kappa shape index (κ1) is 16.1. The van der Waals surface area contributed by atoms with Gasteiger partial charge in [0.2, 0.25) is 0 Å². The Morgan fingerprint density at radius 1 is 1.06 bits per heavy atom. The summed E-state index contributed by atoms with van der Waals surface area (Å²) in [6.45, 7) is 5.62. The van der Waals surface area contributed by atoms with Gasteiger partial charge >= 0.3 is 8.80 Å². The van der Waals surface area contributed by atoms with Crippen LogP contribution in [0.4, 0.5) is 0 Å². The molecule has 0 saturated carbocycles. The van der Waals surface area contributed by atoms with Gasteiger partial charge in [0.15, 0.2) is 0 Å². The highest BCUT2D eigenvalue weighted by Gasteiger charge is 2.34. The van der Waals surface area contributed by atoms with Gasteiger partial charge in [0, 0.05) is 27.4 Å². The zero-order valence-electron chi connectivity index (χ0n) is 11.1. The third kappa shape index (κ3) is 5.79. The number of hydrogen-bond acceptors (Lipinski definition) is 3. The molecule has 4 heteroatoms. The molecule has 0 aliphatic carbocycles. The van der Waals surface area contributed by atoms with E-state index in [9.17, 15) is 0 Å². The molecule has 96 valence electrons. The molecule has 0 aliphatic rings. The molecule has 0 bridgehead atoms. The van der Waals surface area contributed by atoms with Crippen molar-refractivity contribution in [3.05, 3.63) is 42.5 Å². The lowest BCUT2D eigenvalue weighted by atomic mass is 10.2. The molecule has 17 heavy (non-hydrogen) atoms. The second-order valence-corrected chi connectivity index (χ2v) is 6.56. The second kappa shape index (κ2) is 9.12. The maximum absolute atomic E-state index is 5.08. The van der Waals surface area contributed by atoms with Gasteiger partial charge in [-0.25, -0.2) is 0 Å². The Kier molecular flexibility index (Phi) is 8.62. The normalized spacial score (nSPS) is 10.4. The van der Waals surface area contributed by atoms with Gasteiger partial charge in [-0.05, 0) is 5.56 Å². The number of hydrogen-bond donors (Lipinski definition) is 0. The smallest absolute Gasteiger partial charge is 0.377 e. The molecule has 0 atom stereocenters. The topological polar surface area (TPSA) is 27.7 Å². The largest absolute Gasteiger partial charge is 0.499 e. The maximum Gasteiger partial charge on any atom is 0.499 e. The zero-order valence-corrected chi connectivity index (χ0v) is 12.1. The van der Waals surface area contributed by atoms with Crippen molar-refractivity contribution in [2.45, 2.75) is 13.0 Å². The first-order valence-electron chi connectivity index (χ1n) is 5.51. The molecule has 1 rings (SSSR count). The Labute approximate surface area is 105 Å². The van der Waals surface area contributed by atoms with Crippen molar-refractivity contribution >= 4 is 14.9 Å². The molecule has 1 aromatic carbocycles. The van der Waals surface area contributed by atoms with E-state index in [1.807, 2.05) is 43.3 Å². The van der Waals surface area contributed by atoms with E-state index in [0.29, 0.717) is 0 Å². The van der Waals surface area contributed by atoms with E-state index < -0.39 is 8.80 Å². The van der Waals surface area contributed by atoms with Crippen LogP contribution in [-0.2, 0) is 13.3 Å². The van der Waals surface area contributed by atoms with Gasteiger partial charge in [0.1, 0.15) is 0 Å². The number of rotatable bonds is 5. The van der Waals surface area contributed by atoms with Crippen LogP contribution in [0, 0.1) is 0 Å². The highest BCUT2D eigenvalue weighted by Crippen LogP contribution is 2.10. The third-order valence-electron chi connectivity index (χ3n) is 2.40. The zero-order chi connectivity index (χ0) is 13.1. The fraction of sp³-hybridized carbons (Fsp3) is 0.385. The van der Waals surface area contributed by atoms with Crippen molar-refractivity contribution in [2.75, 3.05) is 21.3 Å². The lowest BCUT2D eigenvalue weighted by Crippen LogP contribution is -2.41. The molecule has 0 radical (unpaired) electrons. The van der Waals surface area contributed by atoms with Crippen LogP contribution in [0.2, 0.25) is 6.04 Å². The van der Waals surface area contributed by atoms with Crippen molar-refractivity contribution in [1.82, 2.24) is 0 Å². The van der Waals surface area contributed by atoms with Crippen molar-refractivity contribution in [3.8, 4) is 0 Å². The number of benzene rings is 1. The van der Waals surface area contributed by atoms with Gasteiger partial charge in [-0.15, -0.1) is 0 Å². The molecule has 0 aliphatic heterocycles. The predicted molar refractivity (Wildman–Crippen MR) is 73.8 cm³/mol. The van der Waals surface area contributed by atoms with E-state index in [1.165, 1.54) is 5.56 Å². The van der Waals surface area contributed by atoms with E-state index in [4.69, 9.17) is 13.3 Å². The van der Waals surface area contributed by atoms with Crippen LogP contribution in [-0.4, -0.2) is 30.1 Å². The molecule has 0 heterocycles. The van der Waals surface area contributed by atoms with Crippen LogP contribution in [0.3, 0.4) is 0 Å². The van der Waals surface area contributed by atoms with Gasteiger partial charge in [0.05, 0.1) is 0 Å². The lowest BCUT2D eigenvalue weighted by molar-refractivity contribution is 0.125. The van der Waals surface area contributed by atoms with E-state index in [1.54, 1.807) is 21.3 Å². The van der Waals surface area contributed by atoms with Crippen LogP contribution in [0.25, 0.3) is 6.08 Å². The quantitative estimate of drug-likeness (QED) is 0.755. The van der Waals surface area contributed by atoms with Crippen molar-refractivity contribution in [1.29, 1.82) is 0 Å². The molecule has 0 spiro atoms. The van der Waals surface area contributed by atoms with E-state index in [-0.39, 0.29) is 0 Å². The third-order valence-corrected chi connectivity index (χ3v) is 5.13. The average molecular weight is 254 g/mol. The Hall–Kier alpha value is -0.943. The highest BCUT2D eigenvalue weighted by atomic mass is 28.4. The molecule has 0 saturated heterocycles. The molecule has 0 amide bonds. The molecule has 0 unspecified atom stereocenters.